The van der Waals surface area contributed by atoms with Crippen molar-refractivity contribution in [2.45, 2.75) is 39.8 Å². The molecule has 0 radical (unpaired) electrons. The molecule has 0 atom stereocenters. The topological polar surface area (TPSA) is 109 Å². The molecule has 10 heteroatoms. The average molecular weight is 535 g/mol. The minimum Gasteiger partial charge on any atom is -0.359 e. The Morgan fingerprint density at radius 3 is 2.55 bits per heavy atom. The largest absolute Gasteiger partial charge is 0.359 e. The minimum absolute atomic E-state index is 0. The number of benzene rings is 1. The van der Waals surface area contributed by atoms with Crippen molar-refractivity contribution < 1.29 is 12.9 Å². The molecule has 1 heterocycles. The summed E-state index contributed by atoms with van der Waals surface area (Å²) in [6.07, 6.45) is 0. The predicted molar refractivity (Wildman–Crippen MR) is 126 cm³/mol. The lowest BCUT2D eigenvalue weighted by Gasteiger charge is -2.11. The standard InChI is InChI=1S/C19H29N5O3S.HI/c1-4-20-19(22-14-17-12-18(15(2)3)24-27-17)21-10-11-28(25,26)23-13-16-8-6-5-7-9-16;/h5-9,12,15,23H,4,10-11,13-14H2,1-3H3,(H2,20,21,22);1H. The Labute approximate surface area is 190 Å². The van der Waals surface area contributed by atoms with Gasteiger partial charge in [-0.15, -0.1) is 24.0 Å². The number of guanidine groups is 1. The number of aliphatic imine (C=N–C) groups is 1. The van der Waals surface area contributed by atoms with Crippen molar-refractivity contribution in [3.63, 3.8) is 0 Å². The summed E-state index contributed by atoms with van der Waals surface area (Å²) in [6, 6.07) is 11.3. The molecular weight excluding hydrogens is 505 g/mol. The van der Waals surface area contributed by atoms with Crippen LogP contribution in [0.5, 0.6) is 0 Å². The monoisotopic (exact) mass is 535 g/mol. The zero-order valence-electron chi connectivity index (χ0n) is 17.0. The van der Waals surface area contributed by atoms with Gasteiger partial charge < -0.3 is 15.2 Å². The van der Waals surface area contributed by atoms with Crippen LogP contribution in [0.25, 0.3) is 0 Å². The van der Waals surface area contributed by atoms with Gasteiger partial charge in [0.05, 0.1) is 11.4 Å². The Kier molecular flexibility index (Phi) is 11.2. The predicted octanol–water partition coefficient (Wildman–Crippen LogP) is 2.59. The van der Waals surface area contributed by atoms with Crippen molar-refractivity contribution in [1.82, 2.24) is 20.5 Å². The van der Waals surface area contributed by atoms with Crippen LogP contribution < -0.4 is 15.4 Å². The lowest BCUT2D eigenvalue weighted by molar-refractivity contribution is 0.376. The summed E-state index contributed by atoms with van der Waals surface area (Å²) in [4.78, 5) is 4.41. The lowest BCUT2D eigenvalue weighted by atomic mass is 10.1. The number of aromatic nitrogens is 1. The second-order valence-corrected chi connectivity index (χ2v) is 8.55. The second kappa shape index (κ2) is 12.8. The van der Waals surface area contributed by atoms with E-state index in [2.05, 4.69) is 25.5 Å². The molecule has 3 N–H and O–H groups in total. The number of sulfonamides is 1. The average Bonchev–Trinajstić information content (AvgIpc) is 3.15. The van der Waals surface area contributed by atoms with Gasteiger partial charge in [-0.1, -0.05) is 49.3 Å². The van der Waals surface area contributed by atoms with E-state index < -0.39 is 10.0 Å². The van der Waals surface area contributed by atoms with E-state index in [1.54, 1.807) is 0 Å². The molecule has 0 amide bonds. The highest BCUT2D eigenvalue weighted by molar-refractivity contribution is 14.0. The van der Waals surface area contributed by atoms with E-state index in [1.165, 1.54) is 0 Å². The third kappa shape index (κ3) is 9.59. The van der Waals surface area contributed by atoms with E-state index in [0.717, 1.165) is 11.3 Å². The molecule has 0 unspecified atom stereocenters. The van der Waals surface area contributed by atoms with Crippen LogP contribution in [0.15, 0.2) is 45.9 Å². The van der Waals surface area contributed by atoms with Gasteiger partial charge in [-0.25, -0.2) is 18.1 Å². The van der Waals surface area contributed by atoms with Crippen molar-refractivity contribution >= 4 is 40.0 Å². The zero-order chi connectivity index (χ0) is 20.4. The maximum Gasteiger partial charge on any atom is 0.213 e. The third-order valence-corrected chi connectivity index (χ3v) is 5.23. The van der Waals surface area contributed by atoms with E-state index in [9.17, 15) is 8.42 Å². The summed E-state index contributed by atoms with van der Waals surface area (Å²) in [5, 5.41) is 10.1. The molecule has 0 saturated heterocycles. The van der Waals surface area contributed by atoms with Crippen LogP contribution in [0.4, 0.5) is 0 Å². The molecule has 29 heavy (non-hydrogen) atoms. The Bertz CT molecular complexity index is 854. The number of nitrogens with zero attached hydrogens (tertiary/aromatic N) is 2. The summed E-state index contributed by atoms with van der Waals surface area (Å²) in [5.74, 6) is 1.44. The number of hydrogen-bond acceptors (Lipinski definition) is 5. The van der Waals surface area contributed by atoms with Crippen molar-refractivity contribution in [3.8, 4) is 0 Å². The number of hydrogen-bond donors (Lipinski definition) is 3. The lowest BCUT2D eigenvalue weighted by Crippen LogP contribution is -2.41. The van der Waals surface area contributed by atoms with Crippen molar-refractivity contribution in [2.24, 2.45) is 4.99 Å². The highest BCUT2D eigenvalue weighted by Crippen LogP contribution is 2.14. The van der Waals surface area contributed by atoms with E-state index in [4.69, 9.17) is 4.52 Å². The van der Waals surface area contributed by atoms with Crippen LogP contribution in [-0.2, 0) is 23.1 Å². The van der Waals surface area contributed by atoms with Gasteiger partial charge in [-0.05, 0) is 18.4 Å². The van der Waals surface area contributed by atoms with Gasteiger partial charge in [0, 0.05) is 25.7 Å². The summed E-state index contributed by atoms with van der Waals surface area (Å²) < 4.78 is 32.2. The van der Waals surface area contributed by atoms with Crippen LogP contribution in [0, 0.1) is 0 Å². The molecule has 0 aliphatic heterocycles. The first-order valence-electron chi connectivity index (χ1n) is 9.38. The smallest absolute Gasteiger partial charge is 0.213 e. The Balaban J connectivity index is 0.00000420. The Morgan fingerprint density at radius 1 is 1.21 bits per heavy atom. The first kappa shape index (κ1) is 25.4. The summed E-state index contributed by atoms with van der Waals surface area (Å²) in [6.45, 7) is 7.55. The summed E-state index contributed by atoms with van der Waals surface area (Å²) in [7, 11) is -3.39. The molecule has 0 bridgehead atoms. The maximum absolute atomic E-state index is 12.2. The molecule has 1 aromatic carbocycles. The molecule has 8 nitrogen and oxygen atoms in total. The van der Waals surface area contributed by atoms with Crippen LogP contribution in [-0.4, -0.2) is 38.4 Å². The molecule has 0 fully saturated rings. The van der Waals surface area contributed by atoms with Gasteiger partial charge >= 0.3 is 0 Å². The van der Waals surface area contributed by atoms with Gasteiger partial charge in [-0.3, -0.25) is 0 Å². The Morgan fingerprint density at radius 2 is 1.93 bits per heavy atom. The Hall–Kier alpha value is -1.66. The first-order chi connectivity index (χ1) is 13.4. The van der Waals surface area contributed by atoms with Gasteiger partial charge in [0.25, 0.3) is 0 Å². The van der Waals surface area contributed by atoms with Crippen molar-refractivity contribution in [3.05, 3.63) is 53.4 Å². The van der Waals surface area contributed by atoms with Crippen LogP contribution in [0.1, 0.15) is 43.7 Å². The third-order valence-electron chi connectivity index (χ3n) is 3.91. The van der Waals surface area contributed by atoms with Gasteiger partial charge in [-0.2, -0.15) is 0 Å². The second-order valence-electron chi connectivity index (χ2n) is 6.62. The molecular formula is C19H30IN5O3S. The summed E-state index contributed by atoms with van der Waals surface area (Å²) in [5.41, 5.74) is 1.81. The SMILES string of the molecule is CCNC(=NCc1cc(C(C)C)no1)NCCS(=O)(=O)NCc1ccccc1.I. The van der Waals surface area contributed by atoms with E-state index >= 15 is 0 Å². The minimum atomic E-state index is -3.39. The van der Waals surface area contributed by atoms with Crippen molar-refractivity contribution in [2.75, 3.05) is 18.8 Å². The van der Waals surface area contributed by atoms with Gasteiger partial charge in [0.15, 0.2) is 11.7 Å². The number of halogens is 1. The quantitative estimate of drug-likeness (QED) is 0.245. The molecule has 0 aliphatic carbocycles. The van der Waals surface area contributed by atoms with Crippen LogP contribution in [0.2, 0.25) is 0 Å². The molecule has 2 rings (SSSR count). The zero-order valence-corrected chi connectivity index (χ0v) is 20.2. The highest BCUT2D eigenvalue weighted by Gasteiger charge is 2.11. The fourth-order valence-corrected chi connectivity index (χ4v) is 3.24. The van der Waals surface area contributed by atoms with Gasteiger partial charge in [0.1, 0.15) is 6.54 Å². The summed E-state index contributed by atoms with van der Waals surface area (Å²) >= 11 is 0. The molecule has 2 aromatic rings. The molecule has 162 valence electrons. The van der Waals surface area contributed by atoms with E-state index in [-0.39, 0.29) is 42.8 Å². The fourth-order valence-electron chi connectivity index (χ4n) is 2.34. The molecule has 0 spiro atoms. The first-order valence-corrected chi connectivity index (χ1v) is 11.0. The van der Waals surface area contributed by atoms with Gasteiger partial charge in [0.2, 0.25) is 10.0 Å². The van der Waals surface area contributed by atoms with Crippen LogP contribution in [0.3, 0.4) is 0 Å². The molecule has 0 saturated carbocycles. The van der Waals surface area contributed by atoms with Crippen LogP contribution >= 0.6 is 24.0 Å². The maximum atomic E-state index is 12.2. The molecule has 0 aliphatic rings. The normalized spacial score (nSPS) is 11.9. The fraction of sp³-hybridized carbons (Fsp3) is 0.474. The molecule has 1 aromatic heterocycles. The van der Waals surface area contributed by atoms with E-state index in [1.807, 2.05) is 57.2 Å². The van der Waals surface area contributed by atoms with Crippen molar-refractivity contribution in [1.29, 1.82) is 0 Å². The highest BCUT2D eigenvalue weighted by atomic mass is 127. The number of nitrogens with one attached hydrogen (secondary N) is 3. The van der Waals surface area contributed by atoms with E-state index in [0.29, 0.717) is 30.7 Å². The number of rotatable bonds is 10.